The lowest BCUT2D eigenvalue weighted by atomic mass is 10.2. The predicted molar refractivity (Wildman–Crippen MR) is 94.3 cm³/mol. The van der Waals surface area contributed by atoms with Gasteiger partial charge in [-0.2, -0.15) is 8.78 Å². The standard InChI is InChI=1S/C19H19F2NO5/c1-3-25-16-10-13(7-8-15(16)27-19(20)21)18(24)26-11-17(23)22-14-6-4-5-12(2)9-14/h4-10,19H,3,11H2,1-2H3,(H,22,23). The van der Waals surface area contributed by atoms with Gasteiger partial charge in [-0.25, -0.2) is 4.79 Å². The molecule has 0 saturated carbocycles. The van der Waals surface area contributed by atoms with Crippen LogP contribution < -0.4 is 14.8 Å². The lowest BCUT2D eigenvalue weighted by Gasteiger charge is -2.12. The molecule has 1 amide bonds. The van der Waals surface area contributed by atoms with Crippen molar-refractivity contribution in [3.8, 4) is 11.5 Å². The van der Waals surface area contributed by atoms with Gasteiger partial charge in [-0.05, 0) is 49.7 Å². The summed E-state index contributed by atoms with van der Waals surface area (Å²) in [6.07, 6.45) is 0. The summed E-state index contributed by atoms with van der Waals surface area (Å²) in [7, 11) is 0. The second-order valence-corrected chi connectivity index (χ2v) is 5.47. The molecule has 1 N–H and O–H groups in total. The summed E-state index contributed by atoms with van der Waals surface area (Å²) < 4.78 is 39.3. The van der Waals surface area contributed by atoms with E-state index < -0.39 is 25.1 Å². The minimum atomic E-state index is -3.02. The molecule has 0 fully saturated rings. The fourth-order valence-corrected chi connectivity index (χ4v) is 2.23. The Morgan fingerprint density at radius 1 is 1.11 bits per heavy atom. The van der Waals surface area contributed by atoms with Gasteiger partial charge in [0, 0.05) is 5.69 Å². The van der Waals surface area contributed by atoms with Gasteiger partial charge in [0.05, 0.1) is 12.2 Å². The van der Waals surface area contributed by atoms with Crippen molar-refractivity contribution < 1.29 is 32.6 Å². The Hall–Kier alpha value is -3.16. The first-order valence-corrected chi connectivity index (χ1v) is 8.14. The fourth-order valence-electron chi connectivity index (χ4n) is 2.23. The van der Waals surface area contributed by atoms with Gasteiger partial charge in [0.15, 0.2) is 18.1 Å². The molecule has 0 aliphatic rings. The van der Waals surface area contributed by atoms with Crippen molar-refractivity contribution in [2.45, 2.75) is 20.5 Å². The van der Waals surface area contributed by atoms with Crippen molar-refractivity contribution in [2.24, 2.45) is 0 Å². The fraction of sp³-hybridized carbons (Fsp3) is 0.263. The van der Waals surface area contributed by atoms with E-state index in [1.54, 1.807) is 25.1 Å². The number of nitrogens with one attached hydrogen (secondary N) is 1. The number of halogens is 2. The molecule has 27 heavy (non-hydrogen) atoms. The number of hydrogen-bond acceptors (Lipinski definition) is 5. The normalized spacial score (nSPS) is 10.4. The third-order valence-electron chi connectivity index (χ3n) is 3.33. The first-order valence-electron chi connectivity index (χ1n) is 8.14. The molecule has 2 aromatic carbocycles. The number of alkyl halides is 2. The monoisotopic (exact) mass is 379 g/mol. The van der Waals surface area contributed by atoms with Gasteiger partial charge in [-0.1, -0.05) is 12.1 Å². The minimum absolute atomic E-state index is 0.0172. The Kier molecular flexibility index (Phi) is 7.10. The molecule has 0 bridgehead atoms. The summed E-state index contributed by atoms with van der Waals surface area (Å²) in [6.45, 7) is 0.218. The Bertz CT molecular complexity index is 810. The van der Waals surface area contributed by atoms with Crippen molar-refractivity contribution in [3.63, 3.8) is 0 Å². The number of amides is 1. The number of aryl methyl sites for hydroxylation is 1. The topological polar surface area (TPSA) is 73.9 Å². The summed E-state index contributed by atoms with van der Waals surface area (Å²) in [5.41, 5.74) is 1.60. The van der Waals surface area contributed by atoms with Crippen molar-refractivity contribution in [1.82, 2.24) is 0 Å². The van der Waals surface area contributed by atoms with E-state index in [4.69, 9.17) is 9.47 Å². The number of carbonyl (C=O) groups is 2. The van der Waals surface area contributed by atoms with E-state index in [-0.39, 0.29) is 23.7 Å². The van der Waals surface area contributed by atoms with E-state index in [9.17, 15) is 18.4 Å². The molecule has 144 valence electrons. The Morgan fingerprint density at radius 3 is 2.56 bits per heavy atom. The molecule has 0 unspecified atom stereocenters. The van der Waals surface area contributed by atoms with E-state index in [0.717, 1.165) is 5.56 Å². The number of carbonyl (C=O) groups excluding carboxylic acids is 2. The van der Waals surface area contributed by atoms with Crippen LogP contribution in [0.25, 0.3) is 0 Å². The second kappa shape index (κ2) is 9.51. The van der Waals surface area contributed by atoms with Crippen molar-refractivity contribution in [2.75, 3.05) is 18.5 Å². The zero-order valence-electron chi connectivity index (χ0n) is 14.8. The van der Waals surface area contributed by atoms with E-state index in [0.29, 0.717) is 5.69 Å². The predicted octanol–water partition coefficient (Wildman–Crippen LogP) is 3.79. The van der Waals surface area contributed by atoms with Crippen LogP contribution in [0.1, 0.15) is 22.8 Å². The zero-order valence-corrected chi connectivity index (χ0v) is 14.8. The molecule has 6 nitrogen and oxygen atoms in total. The molecule has 0 radical (unpaired) electrons. The van der Waals surface area contributed by atoms with Gasteiger partial charge >= 0.3 is 12.6 Å². The maximum absolute atomic E-state index is 12.4. The number of ether oxygens (including phenoxy) is 3. The SMILES string of the molecule is CCOc1cc(C(=O)OCC(=O)Nc2cccc(C)c2)ccc1OC(F)F. The molecule has 0 saturated heterocycles. The molecule has 0 spiro atoms. The van der Waals surface area contributed by atoms with Crippen LogP contribution in [0, 0.1) is 6.92 Å². The number of benzene rings is 2. The van der Waals surface area contributed by atoms with Gasteiger partial charge in [-0.15, -0.1) is 0 Å². The first kappa shape index (κ1) is 20.2. The number of rotatable bonds is 8. The Morgan fingerprint density at radius 2 is 1.89 bits per heavy atom. The summed E-state index contributed by atoms with van der Waals surface area (Å²) >= 11 is 0. The highest BCUT2D eigenvalue weighted by atomic mass is 19.3. The van der Waals surface area contributed by atoms with E-state index >= 15 is 0 Å². The third kappa shape index (κ3) is 6.25. The van der Waals surface area contributed by atoms with Gasteiger partial charge in [-0.3, -0.25) is 4.79 Å². The zero-order chi connectivity index (χ0) is 19.8. The maximum atomic E-state index is 12.4. The van der Waals surface area contributed by atoms with Crippen LogP contribution in [0.2, 0.25) is 0 Å². The highest BCUT2D eigenvalue weighted by Gasteiger charge is 2.16. The van der Waals surface area contributed by atoms with Crippen molar-refractivity contribution in [3.05, 3.63) is 53.6 Å². The molecule has 0 aliphatic heterocycles. The molecule has 2 rings (SSSR count). The largest absolute Gasteiger partial charge is 0.490 e. The summed E-state index contributed by atoms with van der Waals surface area (Å²) in [6, 6.07) is 10.8. The van der Waals surface area contributed by atoms with Crippen LogP contribution in [0.5, 0.6) is 11.5 Å². The summed E-state index contributed by atoms with van der Waals surface area (Å²) in [4.78, 5) is 24.0. The van der Waals surface area contributed by atoms with Gasteiger partial charge in [0.1, 0.15) is 0 Å². The van der Waals surface area contributed by atoms with Crippen LogP contribution in [-0.4, -0.2) is 31.7 Å². The second-order valence-electron chi connectivity index (χ2n) is 5.47. The first-order chi connectivity index (χ1) is 12.9. The summed E-state index contributed by atoms with van der Waals surface area (Å²) in [5, 5.41) is 2.61. The average molecular weight is 379 g/mol. The smallest absolute Gasteiger partial charge is 0.387 e. The van der Waals surface area contributed by atoms with Crippen molar-refractivity contribution >= 4 is 17.6 Å². The molecule has 0 aromatic heterocycles. The number of esters is 1. The van der Waals surface area contributed by atoms with Gasteiger partial charge < -0.3 is 19.5 Å². The highest BCUT2D eigenvalue weighted by molar-refractivity contribution is 5.95. The molecular formula is C19H19F2NO5. The van der Waals surface area contributed by atoms with Crippen LogP contribution >= 0.6 is 0 Å². The van der Waals surface area contributed by atoms with Gasteiger partial charge in [0.25, 0.3) is 5.91 Å². The quantitative estimate of drug-likeness (QED) is 0.707. The lowest BCUT2D eigenvalue weighted by molar-refractivity contribution is -0.119. The minimum Gasteiger partial charge on any atom is -0.490 e. The van der Waals surface area contributed by atoms with Crippen LogP contribution in [-0.2, 0) is 9.53 Å². The van der Waals surface area contributed by atoms with Crippen LogP contribution in [0.15, 0.2) is 42.5 Å². The van der Waals surface area contributed by atoms with E-state index in [2.05, 4.69) is 10.1 Å². The summed E-state index contributed by atoms with van der Waals surface area (Å²) in [5.74, 6) is -1.51. The molecule has 0 atom stereocenters. The molecule has 2 aromatic rings. The number of anilines is 1. The number of hydrogen-bond donors (Lipinski definition) is 1. The third-order valence-corrected chi connectivity index (χ3v) is 3.33. The van der Waals surface area contributed by atoms with Crippen LogP contribution in [0.3, 0.4) is 0 Å². The Balaban J connectivity index is 1.98. The molecule has 8 heteroatoms. The molecule has 0 aliphatic carbocycles. The van der Waals surface area contributed by atoms with E-state index in [1.165, 1.54) is 18.2 Å². The van der Waals surface area contributed by atoms with Gasteiger partial charge in [0.2, 0.25) is 0 Å². The van der Waals surface area contributed by atoms with Crippen molar-refractivity contribution in [1.29, 1.82) is 0 Å². The molecular weight excluding hydrogens is 360 g/mol. The molecule has 0 heterocycles. The van der Waals surface area contributed by atoms with E-state index in [1.807, 2.05) is 13.0 Å². The lowest BCUT2D eigenvalue weighted by Crippen LogP contribution is -2.21. The Labute approximate surface area is 155 Å². The highest BCUT2D eigenvalue weighted by Crippen LogP contribution is 2.30. The average Bonchev–Trinajstić information content (AvgIpc) is 2.61. The maximum Gasteiger partial charge on any atom is 0.387 e. The van der Waals surface area contributed by atoms with Crippen LogP contribution in [0.4, 0.5) is 14.5 Å².